The van der Waals surface area contributed by atoms with Crippen molar-refractivity contribution in [2.24, 2.45) is 4.99 Å². The van der Waals surface area contributed by atoms with Gasteiger partial charge in [0.05, 0.1) is 11.9 Å². The molecule has 0 aliphatic heterocycles. The van der Waals surface area contributed by atoms with E-state index < -0.39 is 0 Å². The topological polar surface area (TPSA) is 55.2 Å². The molecule has 56 valence electrons. The van der Waals surface area contributed by atoms with Crippen LogP contribution in [0.25, 0.3) is 0 Å². The highest BCUT2D eigenvalue weighted by Crippen LogP contribution is 2.12. The van der Waals surface area contributed by atoms with Gasteiger partial charge in [-0.3, -0.25) is 0 Å². The third-order valence-electron chi connectivity index (χ3n) is 1.03. The van der Waals surface area contributed by atoms with Gasteiger partial charge in [-0.15, -0.1) is 4.99 Å². The van der Waals surface area contributed by atoms with Gasteiger partial charge in [-0.05, 0) is 6.92 Å². The molecule has 1 aromatic rings. The highest BCUT2D eigenvalue weighted by molar-refractivity contribution is 6.29. The first-order valence-electron chi connectivity index (χ1n) is 2.81. The Bertz CT molecular complexity index is 320. The van der Waals surface area contributed by atoms with E-state index in [1.165, 1.54) is 12.3 Å². The van der Waals surface area contributed by atoms with Gasteiger partial charge in [0.1, 0.15) is 5.15 Å². The molecule has 0 aliphatic rings. The van der Waals surface area contributed by atoms with Crippen molar-refractivity contribution >= 4 is 23.5 Å². The summed E-state index contributed by atoms with van der Waals surface area (Å²) in [4.78, 5) is 20.6. The molecule has 0 fully saturated rings. The van der Waals surface area contributed by atoms with Crippen molar-refractivity contribution in [1.29, 1.82) is 0 Å². The number of halogens is 1. The second kappa shape index (κ2) is 3.23. The maximum absolute atomic E-state index is 9.78. The van der Waals surface area contributed by atoms with Crippen LogP contribution in [0.5, 0.6) is 0 Å². The summed E-state index contributed by atoms with van der Waals surface area (Å²) >= 11 is 5.57. The summed E-state index contributed by atoms with van der Waals surface area (Å²) in [6.45, 7) is 1.68. The van der Waals surface area contributed by atoms with Gasteiger partial charge >= 0.3 is 0 Å². The molecule has 5 heteroatoms. The second-order valence-electron chi connectivity index (χ2n) is 1.81. The van der Waals surface area contributed by atoms with Crippen LogP contribution in [0.3, 0.4) is 0 Å². The molecule has 4 nitrogen and oxygen atoms in total. The van der Waals surface area contributed by atoms with Crippen LogP contribution in [-0.4, -0.2) is 16.0 Å². The Hall–Kier alpha value is -1.25. The van der Waals surface area contributed by atoms with Crippen LogP contribution in [-0.2, 0) is 4.79 Å². The maximum atomic E-state index is 9.78. The fourth-order valence-electron chi connectivity index (χ4n) is 0.555. The van der Waals surface area contributed by atoms with E-state index in [1.54, 1.807) is 6.92 Å². The lowest BCUT2D eigenvalue weighted by molar-refractivity contribution is 0.565. The van der Waals surface area contributed by atoms with Crippen molar-refractivity contribution in [3.8, 4) is 0 Å². The van der Waals surface area contributed by atoms with E-state index in [2.05, 4.69) is 15.0 Å². The van der Waals surface area contributed by atoms with Crippen molar-refractivity contribution in [1.82, 2.24) is 9.97 Å². The van der Waals surface area contributed by atoms with E-state index in [0.717, 1.165) is 0 Å². The number of isocyanates is 1. The van der Waals surface area contributed by atoms with Crippen molar-refractivity contribution in [3.05, 3.63) is 17.0 Å². The van der Waals surface area contributed by atoms with Crippen molar-refractivity contribution < 1.29 is 4.79 Å². The average molecular weight is 170 g/mol. The van der Waals surface area contributed by atoms with Gasteiger partial charge in [-0.25, -0.2) is 14.8 Å². The molecule has 11 heavy (non-hydrogen) atoms. The summed E-state index contributed by atoms with van der Waals surface area (Å²) in [6.07, 6.45) is 2.67. The fourth-order valence-corrected chi connectivity index (χ4v) is 0.646. The van der Waals surface area contributed by atoms with Gasteiger partial charge in [0.2, 0.25) is 6.08 Å². The van der Waals surface area contributed by atoms with Crippen molar-refractivity contribution in [2.45, 2.75) is 6.92 Å². The number of nitrogens with zero attached hydrogens (tertiary/aromatic N) is 3. The number of aromatic nitrogens is 2. The molecule has 0 aliphatic carbocycles. The molecular weight excluding hydrogens is 166 g/mol. The largest absolute Gasteiger partial charge is 0.242 e. The first kappa shape index (κ1) is 7.85. The highest BCUT2D eigenvalue weighted by atomic mass is 35.5. The van der Waals surface area contributed by atoms with Crippen LogP contribution >= 0.6 is 11.6 Å². The van der Waals surface area contributed by atoms with Crippen LogP contribution in [0.2, 0.25) is 5.15 Å². The molecule has 0 spiro atoms. The van der Waals surface area contributed by atoms with E-state index in [9.17, 15) is 4.79 Å². The van der Waals surface area contributed by atoms with E-state index in [-0.39, 0.29) is 5.82 Å². The normalized spacial score (nSPS) is 8.91. The minimum absolute atomic E-state index is 0.224. The Labute approximate surface area is 68.0 Å². The van der Waals surface area contributed by atoms with Crippen LogP contribution in [0.15, 0.2) is 11.2 Å². The molecule has 0 saturated carbocycles. The zero-order chi connectivity index (χ0) is 8.27. The zero-order valence-electron chi connectivity index (χ0n) is 5.71. The molecule has 1 rings (SSSR count). The lowest BCUT2D eigenvalue weighted by atomic mass is 10.5. The molecule has 0 amide bonds. The minimum Gasteiger partial charge on any atom is -0.239 e. The predicted molar refractivity (Wildman–Crippen MR) is 39.6 cm³/mol. The maximum Gasteiger partial charge on any atom is 0.242 e. The number of aryl methyl sites for hydroxylation is 1. The average Bonchev–Trinajstić information content (AvgIpc) is 1.98. The van der Waals surface area contributed by atoms with Gasteiger partial charge in [0.25, 0.3) is 0 Å². The summed E-state index contributed by atoms with van der Waals surface area (Å²) in [5.74, 6) is 0.224. The lowest BCUT2D eigenvalue weighted by Crippen LogP contribution is -1.85. The monoisotopic (exact) mass is 169 g/mol. The predicted octanol–water partition coefficient (Wildman–Crippen LogP) is 1.41. The molecule has 0 atom stereocenters. The molecule has 0 N–H and O–H groups in total. The molecule has 0 saturated heterocycles. The quantitative estimate of drug-likeness (QED) is 0.472. The lowest BCUT2D eigenvalue weighted by Gasteiger charge is -1.93. The summed E-state index contributed by atoms with van der Waals surface area (Å²) < 4.78 is 0. The molecule has 0 bridgehead atoms. The SMILES string of the molecule is Cc1nc(N=C=O)cnc1Cl. The molecule has 1 heterocycles. The summed E-state index contributed by atoms with van der Waals surface area (Å²) in [5.41, 5.74) is 0.545. The molecule has 1 aromatic heterocycles. The first-order chi connectivity index (χ1) is 5.24. The summed E-state index contributed by atoms with van der Waals surface area (Å²) in [6, 6.07) is 0. The second-order valence-corrected chi connectivity index (χ2v) is 2.17. The Balaban J connectivity index is 3.14. The van der Waals surface area contributed by atoms with Gasteiger partial charge in [-0.1, -0.05) is 11.6 Å². The standard InChI is InChI=1S/C6H4ClN3O/c1-4-6(7)8-2-5(10-4)9-3-11/h2H,1H3. The smallest absolute Gasteiger partial charge is 0.239 e. The van der Waals surface area contributed by atoms with Crippen LogP contribution in [0.4, 0.5) is 5.82 Å². The van der Waals surface area contributed by atoms with Crippen molar-refractivity contribution in [3.63, 3.8) is 0 Å². The number of aliphatic imine (C=N–C) groups is 1. The van der Waals surface area contributed by atoms with Gasteiger partial charge < -0.3 is 0 Å². The number of hydrogen-bond donors (Lipinski definition) is 0. The zero-order valence-corrected chi connectivity index (χ0v) is 6.46. The van der Waals surface area contributed by atoms with E-state index in [0.29, 0.717) is 10.8 Å². The third-order valence-corrected chi connectivity index (χ3v) is 1.41. The van der Waals surface area contributed by atoms with Crippen LogP contribution in [0, 0.1) is 6.92 Å². The Morgan fingerprint density at radius 1 is 1.73 bits per heavy atom. The number of rotatable bonds is 1. The third kappa shape index (κ3) is 1.83. The highest BCUT2D eigenvalue weighted by Gasteiger charge is 1.97. The number of carbonyl (C=O) groups excluding carboxylic acids is 1. The van der Waals surface area contributed by atoms with E-state index >= 15 is 0 Å². The first-order valence-corrected chi connectivity index (χ1v) is 3.19. The Morgan fingerprint density at radius 2 is 2.45 bits per heavy atom. The van der Waals surface area contributed by atoms with Crippen LogP contribution in [0.1, 0.15) is 5.69 Å². The Kier molecular flexibility index (Phi) is 2.31. The molecule has 0 unspecified atom stereocenters. The fraction of sp³-hybridized carbons (Fsp3) is 0.167. The Morgan fingerprint density at radius 3 is 3.00 bits per heavy atom. The molecule has 0 aromatic carbocycles. The minimum atomic E-state index is 0.224. The summed E-state index contributed by atoms with van der Waals surface area (Å²) in [5, 5.41) is 0.315. The van der Waals surface area contributed by atoms with Gasteiger partial charge in [0.15, 0.2) is 5.82 Å². The van der Waals surface area contributed by atoms with Gasteiger partial charge in [-0.2, -0.15) is 0 Å². The van der Waals surface area contributed by atoms with Crippen LogP contribution < -0.4 is 0 Å². The molecular formula is C6H4ClN3O. The van der Waals surface area contributed by atoms with E-state index in [4.69, 9.17) is 11.6 Å². The summed E-state index contributed by atoms with van der Waals surface area (Å²) in [7, 11) is 0. The van der Waals surface area contributed by atoms with Gasteiger partial charge in [0, 0.05) is 0 Å². The number of hydrogen-bond acceptors (Lipinski definition) is 4. The molecule has 0 radical (unpaired) electrons. The van der Waals surface area contributed by atoms with E-state index in [1.807, 2.05) is 0 Å². The van der Waals surface area contributed by atoms with Crippen molar-refractivity contribution in [2.75, 3.05) is 0 Å².